The molecule has 0 fully saturated rings. The van der Waals surface area contributed by atoms with Crippen molar-refractivity contribution in [1.29, 1.82) is 0 Å². The minimum atomic E-state index is -0.850. The van der Waals surface area contributed by atoms with Crippen molar-refractivity contribution in [2.75, 3.05) is 13.2 Å². The van der Waals surface area contributed by atoms with Crippen LogP contribution in [0.4, 0.5) is 0 Å². The maximum Gasteiger partial charge on any atom is 0.310 e. The number of carbonyl (C=O) groups excluding carboxylic acids is 3. The predicted octanol–water partition coefficient (Wildman–Crippen LogP) is 17.9. The molecule has 0 bridgehead atoms. The number of allylic oxidation sites excluding steroid dienone is 21. The molecule has 0 saturated carbocycles. The molecule has 0 amide bonds. The molecule has 0 aliphatic rings. The lowest BCUT2D eigenvalue weighted by Crippen LogP contribution is -2.30. The first kappa shape index (κ1) is 62.5. The third-order valence-electron chi connectivity index (χ3n) is 10.7. The van der Waals surface area contributed by atoms with Gasteiger partial charge in [0.15, 0.2) is 6.10 Å². The second-order valence-corrected chi connectivity index (χ2v) is 17.0. The third-order valence-corrected chi connectivity index (χ3v) is 10.7. The Bertz CT molecular complexity index is 1480. The van der Waals surface area contributed by atoms with E-state index in [2.05, 4.69) is 142 Å². The summed E-state index contributed by atoms with van der Waals surface area (Å²) in [4.78, 5) is 38.0. The fraction of sp³-hybridized carbons (Fsp3) is 0.590. The average Bonchev–Trinajstić information content (AvgIpc) is 3.33. The Balaban J connectivity index is 4.56. The van der Waals surface area contributed by atoms with Crippen molar-refractivity contribution in [2.45, 2.75) is 219 Å². The maximum atomic E-state index is 12.8. The first-order valence-electron chi connectivity index (χ1n) is 26.7. The molecule has 0 saturated heterocycles. The van der Waals surface area contributed by atoms with Gasteiger partial charge in [-0.25, -0.2) is 0 Å². The molecule has 376 valence electrons. The molecule has 0 aromatic carbocycles. The van der Waals surface area contributed by atoms with Crippen LogP contribution in [0.2, 0.25) is 0 Å². The fourth-order valence-corrected chi connectivity index (χ4v) is 6.71. The van der Waals surface area contributed by atoms with E-state index in [4.69, 9.17) is 14.2 Å². The summed E-state index contributed by atoms with van der Waals surface area (Å²) in [5.74, 6) is -1.10. The molecule has 0 N–H and O–H groups in total. The van der Waals surface area contributed by atoms with Crippen LogP contribution in [-0.4, -0.2) is 37.2 Å². The van der Waals surface area contributed by atoms with Crippen LogP contribution in [0.25, 0.3) is 0 Å². The molecular weight excluding hydrogens is 829 g/mol. The summed E-state index contributed by atoms with van der Waals surface area (Å²) < 4.78 is 16.7. The lowest BCUT2D eigenvalue weighted by Gasteiger charge is -2.18. The highest BCUT2D eigenvalue weighted by atomic mass is 16.6. The van der Waals surface area contributed by atoms with Crippen molar-refractivity contribution in [2.24, 2.45) is 0 Å². The zero-order valence-electron chi connectivity index (χ0n) is 42.9. The van der Waals surface area contributed by atoms with Crippen LogP contribution in [0.5, 0.6) is 0 Å². The number of carbonyl (C=O) groups is 3. The van der Waals surface area contributed by atoms with Crippen LogP contribution in [0, 0.1) is 0 Å². The summed E-state index contributed by atoms with van der Waals surface area (Å²) in [6, 6.07) is 0. The summed E-state index contributed by atoms with van der Waals surface area (Å²) >= 11 is 0. The quantitative estimate of drug-likeness (QED) is 0.0262. The van der Waals surface area contributed by atoms with Gasteiger partial charge in [0.25, 0.3) is 0 Å². The van der Waals surface area contributed by atoms with Gasteiger partial charge in [0.2, 0.25) is 0 Å². The van der Waals surface area contributed by atoms with Gasteiger partial charge in [-0.1, -0.05) is 212 Å². The molecule has 1 unspecified atom stereocenters. The van der Waals surface area contributed by atoms with Gasteiger partial charge in [-0.3, -0.25) is 14.4 Å². The summed E-state index contributed by atoms with van der Waals surface area (Å²) in [5.41, 5.74) is 0. The Morgan fingerprint density at radius 2 is 0.627 bits per heavy atom. The Kier molecular flexibility index (Phi) is 50.6. The predicted molar refractivity (Wildman–Crippen MR) is 288 cm³/mol. The normalized spacial score (nSPS) is 13.2. The molecule has 0 aliphatic carbocycles. The van der Waals surface area contributed by atoms with Crippen LogP contribution < -0.4 is 0 Å². The molecule has 6 nitrogen and oxygen atoms in total. The summed E-state index contributed by atoms with van der Waals surface area (Å²) in [5, 5.41) is 0. The summed E-state index contributed by atoms with van der Waals surface area (Å²) in [6.45, 7) is 6.26. The van der Waals surface area contributed by atoms with E-state index in [1.807, 2.05) is 6.08 Å². The Morgan fingerprint density at radius 1 is 0.328 bits per heavy atom. The fourth-order valence-electron chi connectivity index (χ4n) is 6.71. The Hall–Kier alpha value is -4.45. The number of esters is 3. The van der Waals surface area contributed by atoms with Crippen LogP contribution >= 0.6 is 0 Å². The first-order valence-corrected chi connectivity index (χ1v) is 26.7. The van der Waals surface area contributed by atoms with Gasteiger partial charge in [0, 0.05) is 12.8 Å². The average molecular weight is 925 g/mol. The Labute approximate surface area is 411 Å². The number of hydrogen-bond donors (Lipinski definition) is 0. The second-order valence-electron chi connectivity index (χ2n) is 17.0. The molecule has 0 aliphatic heterocycles. The largest absolute Gasteiger partial charge is 0.462 e. The van der Waals surface area contributed by atoms with Gasteiger partial charge >= 0.3 is 17.9 Å². The molecule has 0 radical (unpaired) electrons. The monoisotopic (exact) mass is 925 g/mol. The highest BCUT2D eigenvalue weighted by Gasteiger charge is 2.19. The summed E-state index contributed by atoms with van der Waals surface area (Å²) in [6.07, 6.45) is 76.0. The third kappa shape index (κ3) is 52.4. The SMILES string of the molecule is CC/C=C\C/C=C\C/C=C\C/C=C\C/C=C\CC(=O)OC(COC(=O)CCCCCCC/C=C\C/C=C\C/C=C\CC)COC(=O)CCCCCCCC/C=C\C/C=C\C/C=C\CCCCC. The minimum absolute atomic E-state index is 0.0840. The molecular formula is C61H96O6. The molecule has 0 aromatic heterocycles. The molecule has 0 aromatic rings. The van der Waals surface area contributed by atoms with Crippen LogP contribution in [0.1, 0.15) is 213 Å². The van der Waals surface area contributed by atoms with E-state index in [1.54, 1.807) is 6.08 Å². The zero-order chi connectivity index (χ0) is 48.6. The van der Waals surface area contributed by atoms with Crippen molar-refractivity contribution in [3.05, 3.63) is 134 Å². The van der Waals surface area contributed by atoms with Crippen molar-refractivity contribution >= 4 is 17.9 Å². The van der Waals surface area contributed by atoms with Crippen LogP contribution in [0.3, 0.4) is 0 Å². The molecule has 0 spiro atoms. The van der Waals surface area contributed by atoms with Crippen molar-refractivity contribution in [1.82, 2.24) is 0 Å². The van der Waals surface area contributed by atoms with Crippen LogP contribution in [-0.2, 0) is 28.6 Å². The number of hydrogen-bond acceptors (Lipinski definition) is 6. The Morgan fingerprint density at radius 3 is 0.985 bits per heavy atom. The van der Waals surface area contributed by atoms with Crippen molar-refractivity contribution in [3.63, 3.8) is 0 Å². The molecule has 0 heterocycles. The lowest BCUT2D eigenvalue weighted by molar-refractivity contribution is -0.166. The number of ether oxygens (including phenoxy) is 3. The van der Waals surface area contributed by atoms with Gasteiger partial charge < -0.3 is 14.2 Å². The highest BCUT2D eigenvalue weighted by molar-refractivity contribution is 5.72. The highest BCUT2D eigenvalue weighted by Crippen LogP contribution is 2.12. The molecule has 67 heavy (non-hydrogen) atoms. The van der Waals surface area contributed by atoms with Gasteiger partial charge in [0.05, 0.1) is 6.42 Å². The van der Waals surface area contributed by atoms with E-state index < -0.39 is 12.1 Å². The maximum absolute atomic E-state index is 12.8. The van der Waals surface area contributed by atoms with Crippen molar-refractivity contribution in [3.8, 4) is 0 Å². The van der Waals surface area contributed by atoms with E-state index in [0.717, 1.165) is 128 Å². The van der Waals surface area contributed by atoms with E-state index in [0.29, 0.717) is 19.3 Å². The zero-order valence-corrected chi connectivity index (χ0v) is 42.9. The van der Waals surface area contributed by atoms with E-state index in [1.165, 1.54) is 38.5 Å². The topological polar surface area (TPSA) is 78.9 Å². The summed E-state index contributed by atoms with van der Waals surface area (Å²) in [7, 11) is 0. The number of unbranched alkanes of at least 4 members (excludes halogenated alkanes) is 14. The van der Waals surface area contributed by atoms with E-state index >= 15 is 0 Å². The van der Waals surface area contributed by atoms with E-state index in [-0.39, 0.29) is 31.6 Å². The molecule has 0 rings (SSSR count). The first-order chi connectivity index (χ1) is 33.0. The lowest BCUT2D eigenvalue weighted by atomic mass is 10.1. The van der Waals surface area contributed by atoms with E-state index in [9.17, 15) is 14.4 Å². The molecule has 1 atom stereocenters. The van der Waals surface area contributed by atoms with Crippen LogP contribution in [0.15, 0.2) is 134 Å². The minimum Gasteiger partial charge on any atom is -0.462 e. The number of rotatable bonds is 46. The standard InChI is InChI=1S/C61H96O6/c1-4-7-10-13-16-19-22-25-28-29-30-31-34-36-39-42-45-48-51-54-60(63)66-57-58(67-61(64)55-52-49-46-43-40-37-33-27-24-21-18-15-12-9-6-3)56-65-59(62)53-50-47-44-41-38-35-32-26-23-20-17-14-11-8-5-2/h8-9,11-12,16-21,25-28,30-33,40,43,49,52,58H,4-7,10,13-15,22-24,29,34-39,41-42,44-48,50-51,53-57H2,1-3H3/b11-8-,12-9-,19-16-,20-17-,21-18-,28-25-,31-30-,32-26-,33-27-,43-40-,52-49-. The molecule has 6 heteroatoms. The van der Waals surface area contributed by atoms with Gasteiger partial charge in [-0.2, -0.15) is 0 Å². The van der Waals surface area contributed by atoms with Gasteiger partial charge in [-0.15, -0.1) is 0 Å². The second kappa shape index (κ2) is 54.2. The van der Waals surface area contributed by atoms with Gasteiger partial charge in [-0.05, 0) is 116 Å². The van der Waals surface area contributed by atoms with Crippen molar-refractivity contribution < 1.29 is 28.6 Å². The smallest absolute Gasteiger partial charge is 0.310 e. The van der Waals surface area contributed by atoms with Gasteiger partial charge in [0.1, 0.15) is 13.2 Å².